The summed E-state index contributed by atoms with van der Waals surface area (Å²) in [6, 6.07) is 16.2. The van der Waals surface area contributed by atoms with Crippen LogP contribution in [0.2, 0.25) is 0 Å². The van der Waals surface area contributed by atoms with Gasteiger partial charge in [0.25, 0.3) is 5.69 Å². The van der Waals surface area contributed by atoms with E-state index in [1.807, 2.05) is 18.2 Å². The minimum atomic E-state index is -0.428. The Balaban J connectivity index is 1.51. The smallest absolute Gasteiger partial charge is 0.269 e. The van der Waals surface area contributed by atoms with Crippen LogP contribution in [0.25, 0.3) is 10.8 Å². The van der Waals surface area contributed by atoms with Crippen LogP contribution in [0.1, 0.15) is 19.8 Å². The molecule has 3 aromatic rings. The monoisotopic (exact) mass is 373 g/mol. The van der Waals surface area contributed by atoms with Crippen LogP contribution in [-0.4, -0.2) is 10.6 Å². The van der Waals surface area contributed by atoms with E-state index in [1.165, 1.54) is 25.0 Å². The third-order valence-corrected chi connectivity index (χ3v) is 5.53. The van der Waals surface area contributed by atoms with Crippen molar-refractivity contribution in [2.75, 3.05) is 10.6 Å². The molecule has 0 aromatic heterocycles. The van der Waals surface area contributed by atoms with Crippen LogP contribution in [0.4, 0.5) is 28.4 Å². The number of nitrogens with one attached hydrogen (secondary N) is 2. The molecule has 1 saturated carbocycles. The van der Waals surface area contributed by atoms with E-state index in [1.54, 1.807) is 12.1 Å². The zero-order chi connectivity index (χ0) is 19.3. The summed E-state index contributed by atoms with van der Waals surface area (Å²) in [7, 11) is 0. The Hall–Kier alpha value is -3.48. The zero-order valence-electron chi connectivity index (χ0n) is 15.3. The van der Waals surface area contributed by atoms with Crippen LogP contribution >= 0.6 is 0 Å². The molecule has 0 spiro atoms. The van der Waals surface area contributed by atoms with E-state index in [2.05, 4.69) is 39.9 Å². The number of azo groups is 1. The van der Waals surface area contributed by atoms with Gasteiger partial charge in [-0.3, -0.25) is 10.1 Å². The lowest BCUT2D eigenvalue weighted by Crippen LogP contribution is -2.47. The Morgan fingerprint density at radius 3 is 2.39 bits per heavy atom. The highest BCUT2D eigenvalue weighted by molar-refractivity contribution is 6.09. The first kappa shape index (κ1) is 16.7. The molecule has 140 valence electrons. The van der Waals surface area contributed by atoms with Gasteiger partial charge in [-0.2, -0.15) is 5.11 Å². The van der Waals surface area contributed by atoms with Crippen LogP contribution in [-0.2, 0) is 0 Å². The molecule has 1 aliphatic carbocycles. The first-order chi connectivity index (χ1) is 13.5. The molecule has 3 aromatic carbocycles. The predicted octanol–water partition coefficient (Wildman–Crippen LogP) is 6.13. The molecule has 0 amide bonds. The molecule has 2 aliphatic rings. The van der Waals surface area contributed by atoms with Gasteiger partial charge in [0.05, 0.1) is 16.3 Å². The van der Waals surface area contributed by atoms with Crippen molar-refractivity contribution in [3.05, 3.63) is 64.7 Å². The van der Waals surface area contributed by atoms with E-state index in [9.17, 15) is 10.1 Å². The van der Waals surface area contributed by atoms with Gasteiger partial charge in [0.1, 0.15) is 5.66 Å². The molecule has 1 fully saturated rings. The average Bonchev–Trinajstić information content (AvgIpc) is 3.54. The maximum atomic E-state index is 10.8. The Morgan fingerprint density at radius 1 is 1.00 bits per heavy atom. The second-order valence-electron chi connectivity index (χ2n) is 7.56. The first-order valence-electron chi connectivity index (χ1n) is 9.32. The van der Waals surface area contributed by atoms with Crippen molar-refractivity contribution in [3.63, 3.8) is 0 Å². The van der Waals surface area contributed by atoms with Crippen molar-refractivity contribution in [1.29, 1.82) is 0 Å². The zero-order valence-corrected chi connectivity index (χ0v) is 15.3. The number of nitro benzene ring substituents is 1. The second kappa shape index (κ2) is 6.02. The number of nitro groups is 1. The minimum absolute atomic E-state index is 0.0383. The third kappa shape index (κ3) is 2.76. The number of hydrogen-bond acceptors (Lipinski definition) is 6. The Kier molecular flexibility index (Phi) is 3.58. The summed E-state index contributed by atoms with van der Waals surface area (Å²) in [5.74, 6) is 0.636. The van der Waals surface area contributed by atoms with Crippen LogP contribution < -0.4 is 10.6 Å². The summed E-state index contributed by atoms with van der Waals surface area (Å²) < 4.78 is 0. The summed E-state index contributed by atoms with van der Waals surface area (Å²) in [6.45, 7) is 2.22. The molecule has 5 rings (SSSR count). The number of anilines is 2. The van der Waals surface area contributed by atoms with Crippen LogP contribution in [0.3, 0.4) is 0 Å². The van der Waals surface area contributed by atoms with Gasteiger partial charge in [-0.15, -0.1) is 5.11 Å². The summed E-state index contributed by atoms with van der Waals surface area (Å²) >= 11 is 0. The number of rotatable bonds is 4. The molecule has 1 unspecified atom stereocenters. The molecular formula is C21H19N5O2. The van der Waals surface area contributed by atoms with Crippen molar-refractivity contribution >= 4 is 39.2 Å². The maximum absolute atomic E-state index is 10.8. The molecule has 1 atom stereocenters. The van der Waals surface area contributed by atoms with Gasteiger partial charge in [-0.25, -0.2) is 0 Å². The van der Waals surface area contributed by atoms with Gasteiger partial charge in [0, 0.05) is 40.2 Å². The molecule has 1 heterocycles. The van der Waals surface area contributed by atoms with Crippen LogP contribution in [0, 0.1) is 16.0 Å². The fraction of sp³-hybridized carbons (Fsp3) is 0.238. The van der Waals surface area contributed by atoms with Gasteiger partial charge >= 0.3 is 0 Å². The van der Waals surface area contributed by atoms with Gasteiger partial charge in [-0.05, 0) is 50.1 Å². The first-order valence-corrected chi connectivity index (χ1v) is 9.32. The summed E-state index contributed by atoms with van der Waals surface area (Å²) in [4.78, 5) is 10.3. The summed E-state index contributed by atoms with van der Waals surface area (Å²) in [5, 5.41) is 28.9. The normalized spacial score (nSPS) is 20.8. The molecule has 1 aliphatic heterocycles. The molecule has 28 heavy (non-hydrogen) atoms. The lowest BCUT2D eigenvalue weighted by molar-refractivity contribution is -0.384. The molecule has 0 radical (unpaired) electrons. The Morgan fingerprint density at radius 2 is 1.71 bits per heavy atom. The molecular weight excluding hydrogens is 354 g/mol. The third-order valence-electron chi connectivity index (χ3n) is 5.53. The Bertz CT molecular complexity index is 1110. The Labute approximate surface area is 161 Å². The van der Waals surface area contributed by atoms with Crippen molar-refractivity contribution in [3.8, 4) is 0 Å². The quantitative estimate of drug-likeness (QED) is 0.327. The van der Waals surface area contributed by atoms with E-state index in [0.29, 0.717) is 11.6 Å². The fourth-order valence-corrected chi connectivity index (χ4v) is 3.90. The predicted molar refractivity (Wildman–Crippen MR) is 110 cm³/mol. The number of benzene rings is 3. The largest absolute Gasteiger partial charge is 0.362 e. The molecule has 0 saturated heterocycles. The second-order valence-corrected chi connectivity index (χ2v) is 7.56. The topological polar surface area (TPSA) is 91.9 Å². The lowest BCUT2D eigenvalue weighted by atomic mass is 9.96. The van der Waals surface area contributed by atoms with Crippen molar-refractivity contribution in [2.45, 2.75) is 25.4 Å². The van der Waals surface area contributed by atoms with E-state index >= 15 is 0 Å². The SMILES string of the molecule is CC1(C2CC2)Nc2cccc3c(N=Nc4ccc([N+](=O)[O-])cc4)ccc(c23)N1. The summed E-state index contributed by atoms with van der Waals surface area (Å²) in [6.07, 6.45) is 2.48. The van der Waals surface area contributed by atoms with E-state index < -0.39 is 4.92 Å². The number of hydrogen-bond donors (Lipinski definition) is 2. The van der Waals surface area contributed by atoms with Crippen LogP contribution in [0.15, 0.2) is 64.8 Å². The molecule has 2 N–H and O–H groups in total. The van der Waals surface area contributed by atoms with Crippen LogP contribution in [0.5, 0.6) is 0 Å². The summed E-state index contributed by atoms with van der Waals surface area (Å²) in [5.41, 5.74) is 3.46. The van der Waals surface area contributed by atoms with E-state index in [0.717, 1.165) is 27.8 Å². The van der Waals surface area contributed by atoms with E-state index in [4.69, 9.17) is 0 Å². The fourth-order valence-electron chi connectivity index (χ4n) is 3.90. The van der Waals surface area contributed by atoms with Crippen molar-refractivity contribution < 1.29 is 4.92 Å². The maximum Gasteiger partial charge on any atom is 0.269 e. The van der Waals surface area contributed by atoms with Crippen molar-refractivity contribution in [2.24, 2.45) is 16.1 Å². The highest BCUT2D eigenvalue weighted by Crippen LogP contribution is 2.48. The van der Waals surface area contributed by atoms with Crippen molar-refractivity contribution in [1.82, 2.24) is 0 Å². The number of non-ortho nitro benzene ring substituents is 1. The standard InChI is InChI=1S/C21H19N5O2/c1-21(13-5-6-13)22-18-4-2-3-16-17(11-12-19(23-21)20(16)18)25-24-14-7-9-15(10-8-14)26(27)28/h2-4,7-13,22-23H,5-6H2,1H3. The average molecular weight is 373 g/mol. The highest BCUT2D eigenvalue weighted by Gasteiger charge is 2.43. The van der Waals surface area contributed by atoms with Gasteiger partial charge < -0.3 is 10.6 Å². The van der Waals surface area contributed by atoms with E-state index in [-0.39, 0.29) is 11.4 Å². The molecule has 7 heteroatoms. The van der Waals surface area contributed by atoms with Gasteiger partial charge in [-0.1, -0.05) is 12.1 Å². The lowest BCUT2D eigenvalue weighted by Gasteiger charge is -2.39. The minimum Gasteiger partial charge on any atom is -0.362 e. The van der Waals surface area contributed by atoms with Gasteiger partial charge in [0.2, 0.25) is 0 Å². The molecule has 7 nitrogen and oxygen atoms in total. The molecule has 0 bridgehead atoms. The number of nitrogens with zero attached hydrogens (tertiary/aromatic N) is 3. The van der Waals surface area contributed by atoms with Gasteiger partial charge in [0.15, 0.2) is 0 Å². The highest BCUT2D eigenvalue weighted by atomic mass is 16.6.